The highest BCUT2D eigenvalue weighted by molar-refractivity contribution is 5.99. The molecule has 0 aliphatic heterocycles. The summed E-state index contributed by atoms with van der Waals surface area (Å²) < 4.78 is 29.3. The number of esters is 1. The minimum atomic E-state index is -2.79. The number of hydrogen-bond donors (Lipinski definition) is 2. The van der Waals surface area contributed by atoms with Crippen LogP contribution in [0.25, 0.3) is 0 Å². The molecule has 0 radical (unpaired) electrons. The summed E-state index contributed by atoms with van der Waals surface area (Å²) in [6, 6.07) is 0.910. The predicted molar refractivity (Wildman–Crippen MR) is 54.0 cm³/mol. The Morgan fingerprint density at radius 2 is 2.19 bits per heavy atom. The van der Waals surface area contributed by atoms with E-state index in [-0.39, 0.29) is 23.7 Å². The summed E-state index contributed by atoms with van der Waals surface area (Å²) >= 11 is 0. The third-order valence-corrected chi connectivity index (χ3v) is 1.80. The molecule has 88 valence electrons. The summed E-state index contributed by atoms with van der Waals surface area (Å²) in [5.74, 6) is -1.13. The van der Waals surface area contributed by atoms with Crippen LogP contribution in [-0.4, -0.2) is 17.6 Å². The lowest BCUT2D eigenvalue weighted by molar-refractivity contribution is 0.0528. The minimum absolute atomic E-state index is 0.133. The first-order valence-corrected chi connectivity index (χ1v) is 4.48. The van der Waals surface area contributed by atoms with Crippen LogP contribution < -0.4 is 11.5 Å². The third kappa shape index (κ3) is 2.36. The summed E-state index contributed by atoms with van der Waals surface area (Å²) in [6.07, 6.45) is -2.79. The van der Waals surface area contributed by atoms with E-state index in [9.17, 15) is 13.6 Å². The maximum atomic E-state index is 12.3. The Hall–Kier alpha value is -1.92. The van der Waals surface area contributed by atoms with Gasteiger partial charge in [0.15, 0.2) is 0 Å². The number of halogens is 2. The van der Waals surface area contributed by atoms with Gasteiger partial charge in [0.2, 0.25) is 0 Å². The molecule has 0 saturated carbocycles. The van der Waals surface area contributed by atoms with Crippen molar-refractivity contribution >= 4 is 17.5 Å². The standard InChI is InChI=1S/C9H11F2N3O2/c1-2-16-9(15)6-4(12)3-5(7(10)11)14-8(6)13/h3,7H,2H2,1H3,(H4,12,13,14). The van der Waals surface area contributed by atoms with Gasteiger partial charge in [-0.15, -0.1) is 0 Å². The molecule has 0 saturated heterocycles. The van der Waals surface area contributed by atoms with Crippen molar-refractivity contribution in [3.63, 3.8) is 0 Å². The highest BCUT2D eigenvalue weighted by Gasteiger charge is 2.20. The lowest BCUT2D eigenvalue weighted by Crippen LogP contribution is -2.13. The van der Waals surface area contributed by atoms with Crippen molar-refractivity contribution in [3.05, 3.63) is 17.3 Å². The van der Waals surface area contributed by atoms with Crippen LogP contribution in [0.1, 0.15) is 29.4 Å². The summed E-state index contributed by atoms with van der Waals surface area (Å²) in [6.45, 7) is 1.74. The molecular weight excluding hydrogens is 220 g/mol. The van der Waals surface area contributed by atoms with Crippen molar-refractivity contribution in [1.82, 2.24) is 4.98 Å². The van der Waals surface area contributed by atoms with Crippen molar-refractivity contribution in [3.8, 4) is 0 Å². The molecule has 7 heteroatoms. The van der Waals surface area contributed by atoms with Crippen LogP contribution in [0.4, 0.5) is 20.3 Å². The van der Waals surface area contributed by atoms with Crippen molar-refractivity contribution in [2.24, 2.45) is 0 Å². The maximum Gasteiger partial charge on any atom is 0.344 e. The van der Waals surface area contributed by atoms with Crippen LogP contribution in [0.2, 0.25) is 0 Å². The Kier molecular flexibility index (Phi) is 3.60. The molecule has 1 aromatic heterocycles. The number of carbonyl (C=O) groups excluding carboxylic acids is 1. The lowest BCUT2D eigenvalue weighted by Gasteiger charge is -2.09. The van der Waals surface area contributed by atoms with E-state index < -0.39 is 18.1 Å². The van der Waals surface area contributed by atoms with Crippen LogP contribution in [0.5, 0.6) is 0 Å². The van der Waals surface area contributed by atoms with Crippen LogP contribution in [-0.2, 0) is 4.74 Å². The van der Waals surface area contributed by atoms with Gasteiger partial charge in [-0.2, -0.15) is 0 Å². The minimum Gasteiger partial charge on any atom is -0.462 e. The second kappa shape index (κ2) is 4.73. The Bertz CT molecular complexity index is 387. The highest BCUT2D eigenvalue weighted by atomic mass is 19.3. The molecule has 16 heavy (non-hydrogen) atoms. The van der Waals surface area contributed by atoms with E-state index in [1.54, 1.807) is 6.92 Å². The van der Waals surface area contributed by atoms with Gasteiger partial charge in [-0.3, -0.25) is 0 Å². The number of carbonyl (C=O) groups is 1. The summed E-state index contributed by atoms with van der Waals surface area (Å²) in [5, 5.41) is 0. The quantitative estimate of drug-likeness (QED) is 0.766. The van der Waals surface area contributed by atoms with E-state index in [0.717, 1.165) is 6.07 Å². The van der Waals surface area contributed by atoms with E-state index in [4.69, 9.17) is 11.5 Å². The second-order valence-electron chi connectivity index (χ2n) is 2.92. The average Bonchev–Trinajstić information content (AvgIpc) is 2.16. The van der Waals surface area contributed by atoms with Gasteiger partial charge in [0, 0.05) is 0 Å². The van der Waals surface area contributed by atoms with Gasteiger partial charge >= 0.3 is 5.97 Å². The van der Waals surface area contributed by atoms with E-state index in [2.05, 4.69) is 9.72 Å². The topological polar surface area (TPSA) is 91.2 Å². The summed E-state index contributed by atoms with van der Waals surface area (Å²) in [7, 11) is 0. The molecule has 0 bridgehead atoms. The zero-order valence-electron chi connectivity index (χ0n) is 8.54. The van der Waals surface area contributed by atoms with Crippen LogP contribution in [0.15, 0.2) is 6.07 Å². The molecule has 5 nitrogen and oxygen atoms in total. The van der Waals surface area contributed by atoms with Gasteiger partial charge in [0.1, 0.15) is 17.1 Å². The predicted octanol–water partition coefficient (Wildman–Crippen LogP) is 1.36. The Labute approximate surface area is 90.4 Å². The smallest absolute Gasteiger partial charge is 0.344 e. The Morgan fingerprint density at radius 3 is 2.62 bits per heavy atom. The monoisotopic (exact) mass is 231 g/mol. The van der Waals surface area contributed by atoms with E-state index in [0.29, 0.717) is 0 Å². The molecule has 0 aromatic carbocycles. The van der Waals surface area contributed by atoms with E-state index >= 15 is 0 Å². The van der Waals surface area contributed by atoms with Crippen molar-refractivity contribution in [1.29, 1.82) is 0 Å². The number of nitrogens with two attached hydrogens (primary N) is 2. The summed E-state index contributed by atoms with van der Waals surface area (Å²) in [4.78, 5) is 14.7. The van der Waals surface area contributed by atoms with Crippen LogP contribution in [0, 0.1) is 0 Å². The SMILES string of the molecule is CCOC(=O)c1c(N)cc(C(F)F)nc1N. The number of pyridine rings is 1. The zero-order valence-corrected chi connectivity index (χ0v) is 8.54. The molecule has 0 aliphatic carbocycles. The molecule has 0 atom stereocenters. The fraction of sp³-hybridized carbons (Fsp3) is 0.333. The molecule has 1 rings (SSSR count). The number of rotatable bonds is 3. The molecule has 0 unspecified atom stereocenters. The van der Waals surface area contributed by atoms with Gasteiger partial charge in [-0.05, 0) is 13.0 Å². The number of anilines is 2. The molecule has 0 spiro atoms. The van der Waals surface area contributed by atoms with Gasteiger partial charge < -0.3 is 16.2 Å². The van der Waals surface area contributed by atoms with Crippen LogP contribution in [0.3, 0.4) is 0 Å². The lowest BCUT2D eigenvalue weighted by atomic mass is 10.2. The fourth-order valence-electron chi connectivity index (χ4n) is 1.14. The zero-order chi connectivity index (χ0) is 12.3. The third-order valence-electron chi connectivity index (χ3n) is 1.80. The molecule has 1 heterocycles. The number of nitrogen functional groups attached to an aromatic ring is 2. The number of aromatic nitrogens is 1. The van der Waals surface area contributed by atoms with Gasteiger partial charge in [-0.1, -0.05) is 0 Å². The molecule has 0 amide bonds. The molecule has 0 fully saturated rings. The molecule has 0 aliphatic rings. The first kappa shape index (κ1) is 12.2. The van der Waals surface area contributed by atoms with Crippen LogP contribution >= 0.6 is 0 Å². The van der Waals surface area contributed by atoms with E-state index in [1.807, 2.05) is 0 Å². The first-order chi connectivity index (χ1) is 7.47. The average molecular weight is 231 g/mol. The number of nitrogens with zero attached hydrogens (tertiary/aromatic N) is 1. The van der Waals surface area contributed by atoms with Crippen molar-refractivity contribution in [2.75, 3.05) is 18.1 Å². The largest absolute Gasteiger partial charge is 0.462 e. The molecular formula is C9H11F2N3O2. The molecule has 1 aromatic rings. The first-order valence-electron chi connectivity index (χ1n) is 4.48. The van der Waals surface area contributed by atoms with Gasteiger partial charge in [0.05, 0.1) is 12.3 Å². The number of alkyl halides is 2. The maximum absolute atomic E-state index is 12.3. The fourth-order valence-corrected chi connectivity index (χ4v) is 1.14. The van der Waals surface area contributed by atoms with Crippen molar-refractivity contribution < 1.29 is 18.3 Å². The Morgan fingerprint density at radius 1 is 1.56 bits per heavy atom. The summed E-state index contributed by atoms with van der Waals surface area (Å²) in [5.41, 5.74) is 9.90. The number of hydrogen-bond acceptors (Lipinski definition) is 5. The second-order valence-corrected chi connectivity index (χ2v) is 2.92. The van der Waals surface area contributed by atoms with E-state index in [1.165, 1.54) is 0 Å². The van der Waals surface area contributed by atoms with Gasteiger partial charge in [0.25, 0.3) is 6.43 Å². The number of ether oxygens (including phenoxy) is 1. The molecule has 4 N–H and O–H groups in total. The van der Waals surface area contributed by atoms with Gasteiger partial charge in [-0.25, -0.2) is 18.6 Å². The normalized spacial score (nSPS) is 10.5. The highest BCUT2D eigenvalue weighted by Crippen LogP contribution is 2.25. The van der Waals surface area contributed by atoms with Crippen molar-refractivity contribution in [2.45, 2.75) is 13.3 Å². The Balaban J connectivity index is 3.17.